The van der Waals surface area contributed by atoms with Gasteiger partial charge in [-0.15, -0.1) is 10.2 Å². The van der Waals surface area contributed by atoms with E-state index in [0.717, 1.165) is 12.0 Å². The number of benzene rings is 1. The molecule has 3 aliphatic rings. The van der Waals surface area contributed by atoms with Crippen molar-refractivity contribution in [3.8, 4) is 11.3 Å². The zero-order chi connectivity index (χ0) is 18.7. The number of rotatable bonds is 2. The van der Waals surface area contributed by atoms with Crippen LogP contribution >= 0.6 is 0 Å². The third-order valence-corrected chi connectivity index (χ3v) is 6.99. The van der Waals surface area contributed by atoms with Crippen LogP contribution in [0.15, 0.2) is 33.5 Å². The Morgan fingerprint density at radius 2 is 2.00 bits per heavy atom. The van der Waals surface area contributed by atoms with Crippen molar-refractivity contribution in [1.29, 1.82) is 0 Å². The maximum absolute atomic E-state index is 14.2. The van der Waals surface area contributed by atoms with Crippen molar-refractivity contribution in [2.24, 2.45) is 18.4 Å². The quantitative estimate of drug-likeness (QED) is 0.695. The summed E-state index contributed by atoms with van der Waals surface area (Å²) < 4.78 is 34.9. The maximum Gasteiger partial charge on any atom is 0.436 e. The lowest BCUT2D eigenvalue weighted by Gasteiger charge is -2.43. The highest BCUT2D eigenvalue weighted by Gasteiger charge is 2.88. The van der Waals surface area contributed by atoms with E-state index < -0.39 is 22.8 Å². The number of hydrogen-bond acceptors (Lipinski definition) is 5. The summed E-state index contributed by atoms with van der Waals surface area (Å²) in [6.07, 6.45) is 0.795. The molecule has 0 radical (unpaired) electrons. The third kappa shape index (κ3) is 1.45. The van der Waals surface area contributed by atoms with Crippen LogP contribution in [0.2, 0.25) is 0 Å². The zero-order valence-corrected chi connectivity index (χ0v) is 14.5. The first-order chi connectivity index (χ1) is 12.9. The molecule has 27 heavy (non-hydrogen) atoms. The van der Waals surface area contributed by atoms with E-state index >= 15 is 0 Å². The van der Waals surface area contributed by atoms with Crippen LogP contribution in [-0.2, 0) is 12.5 Å². The Balaban J connectivity index is 1.56. The van der Waals surface area contributed by atoms with Gasteiger partial charge in [-0.05, 0) is 47.4 Å². The Morgan fingerprint density at radius 3 is 2.67 bits per heavy atom. The van der Waals surface area contributed by atoms with Gasteiger partial charge in [0.25, 0.3) is 0 Å². The second-order valence-corrected chi connectivity index (χ2v) is 7.90. The zero-order valence-electron chi connectivity index (χ0n) is 14.5. The molecule has 2 unspecified atom stereocenters. The number of hydrogen-bond donors (Lipinski definition) is 0. The Morgan fingerprint density at radius 1 is 1.26 bits per heavy atom. The average molecular weight is 368 g/mol. The molecule has 0 N–H and O–H groups in total. The van der Waals surface area contributed by atoms with E-state index in [-0.39, 0.29) is 22.6 Å². The van der Waals surface area contributed by atoms with Crippen molar-refractivity contribution in [3.05, 3.63) is 63.6 Å². The van der Waals surface area contributed by atoms with Gasteiger partial charge in [-0.3, -0.25) is 0 Å². The predicted molar refractivity (Wildman–Crippen MR) is 88.9 cm³/mol. The molecule has 0 aliphatic heterocycles. The minimum absolute atomic E-state index is 0.138. The Kier molecular flexibility index (Phi) is 2.43. The number of aromatic nitrogens is 4. The SMILES string of the molecule is Cn1nc([C@]23CC4[C@H](c5cc(-c6c(F)cccc6F)nnc52)C43C)oc1=O. The molecule has 6 nitrogen and oxygen atoms in total. The molecule has 0 amide bonds. The number of fused-ring (bicyclic) bond motifs is 4. The highest BCUT2D eigenvalue weighted by Crippen LogP contribution is 2.90. The van der Waals surface area contributed by atoms with Crippen molar-refractivity contribution < 1.29 is 13.2 Å². The second kappa shape index (κ2) is 4.32. The van der Waals surface area contributed by atoms with Gasteiger partial charge in [0.05, 0.1) is 22.4 Å². The van der Waals surface area contributed by atoms with Gasteiger partial charge in [-0.1, -0.05) is 13.0 Å². The maximum atomic E-state index is 14.2. The van der Waals surface area contributed by atoms with E-state index in [9.17, 15) is 13.6 Å². The molecule has 2 saturated carbocycles. The Bertz CT molecular complexity index is 1200. The van der Waals surface area contributed by atoms with Crippen LogP contribution in [-0.4, -0.2) is 20.0 Å². The fourth-order valence-corrected chi connectivity index (χ4v) is 5.60. The first-order valence-electron chi connectivity index (χ1n) is 8.76. The van der Waals surface area contributed by atoms with Crippen LogP contribution in [0.1, 0.15) is 36.4 Å². The van der Waals surface area contributed by atoms with Crippen molar-refractivity contribution >= 4 is 0 Å². The summed E-state index contributed by atoms with van der Waals surface area (Å²) in [4.78, 5) is 11.8. The number of aryl methyl sites for hydroxylation is 1. The molecule has 2 heterocycles. The third-order valence-electron chi connectivity index (χ3n) is 6.99. The van der Waals surface area contributed by atoms with Gasteiger partial charge >= 0.3 is 5.76 Å². The summed E-state index contributed by atoms with van der Waals surface area (Å²) in [5.74, 6) is -0.860. The van der Waals surface area contributed by atoms with Crippen molar-refractivity contribution in [2.75, 3.05) is 0 Å². The molecule has 0 bridgehead atoms. The topological polar surface area (TPSA) is 73.8 Å². The summed E-state index contributed by atoms with van der Waals surface area (Å²) in [5, 5.41) is 12.8. The molecule has 136 valence electrons. The first kappa shape index (κ1) is 15.2. The van der Waals surface area contributed by atoms with E-state index in [1.807, 2.05) is 0 Å². The molecule has 6 rings (SSSR count). The molecule has 3 aliphatic carbocycles. The van der Waals surface area contributed by atoms with Crippen LogP contribution < -0.4 is 5.76 Å². The van der Waals surface area contributed by atoms with Gasteiger partial charge in [0.1, 0.15) is 11.6 Å². The van der Waals surface area contributed by atoms with Gasteiger partial charge < -0.3 is 4.42 Å². The molecule has 2 fully saturated rings. The first-order valence-corrected chi connectivity index (χ1v) is 8.76. The molecular weight excluding hydrogens is 354 g/mol. The molecule has 3 aromatic rings. The molecule has 8 heteroatoms. The van der Waals surface area contributed by atoms with E-state index in [2.05, 4.69) is 22.2 Å². The van der Waals surface area contributed by atoms with Crippen LogP contribution in [0.5, 0.6) is 0 Å². The second-order valence-electron chi connectivity index (χ2n) is 7.90. The van der Waals surface area contributed by atoms with Gasteiger partial charge in [-0.2, -0.15) is 9.78 Å². The fourth-order valence-electron chi connectivity index (χ4n) is 5.60. The lowest BCUT2D eigenvalue weighted by Crippen LogP contribution is -2.46. The predicted octanol–water partition coefficient (Wildman–Crippen LogP) is 2.53. The lowest BCUT2D eigenvalue weighted by molar-refractivity contribution is 0.126. The fraction of sp³-hybridized carbons (Fsp3) is 0.368. The van der Waals surface area contributed by atoms with E-state index in [0.29, 0.717) is 17.5 Å². The summed E-state index contributed by atoms with van der Waals surface area (Å²) in [5.41, 5.74) is 0.916. The normalized spacial score (nSPS) is 32.0. The molecule has 4 atom stereocenters. The summed E-state index contributed by atoms with van der Waals surface area (Å²) >= 11 is 0. The molecular formula is C19H14F2N4O2. The van der Waals surface area contributed by atoms with Crippen LogP contribution in [0, 0.1) is 23.0 Å². The minimum Gasteiger partial charge on any atom is -0.391 e. The summed E-state index contributed by atoms with van der Waals surface area (Å²) in [6.45, 7) is 2.13. The smallest absolute Gasteiger partial charge is 0.391 e. The van der Waals surface area contributed by atoms with E-state index in [1.54, 1.807) is 13.1 Å². The van der Waals surface area contributed by atoms with Gasteiger partial charge in [-0.25, -0.2) is 13.6 Å². The molecule has 0 spiro atoms. The van der Waals surface area contributed by atoms with Gasteiger partial charge in [0.15, 0.2) is 0 Å². The summed E-state index contributed by atoms with van der Waals surface area (Å²) in [7, 11) is 1.54. The van der Waals surface area contributed by atoms with Crippen LogP contribution in [0.25, 0.3) is 11.3 Å². The monoisotopic (exact) mass is 368 g/mol. The molecule has 1 aromatic carbocycles. The van der Waals surface area contributed by atoms with Crippen LogP contribution in [0.4, 0.5) is 8.78 Å². The molecule has 0 saturated heterocycles. The highest BCUT2D eigenvalue weighted by molar-refractivity contribution is 5.67. The Hall–Kier alpha value is -2.90. The highest BCUT2D eigenvalue weighted by atomic mass is 19.1. The van der Waals surface area contributed by atoms with Gasteiger partial charge in [0, 0.05) is 7.05 Å². The van der Waals surface area contributed by atoms with Crippen molar-refractivity contribution in [2.45, 2.75) is 24.7 Å². The van der Waals surface area contributed by atoms with E-state index in [1.165, 1.54) is 22.9 Å². The standard InChI is InChI=1S/C19H14F2N4O2/c1-18-9-7-19(18,16-24-25(2)17(26)27-16)15-8(14(9)18)6-12(22-23-15)13-10(20)4-3-5-11(13)21/h3-6,9,14H,7H2,1-2H3/t9?,14-,18?,19-/m0/s1. The van der Waals surface area contributed by atoms with Crippen molar-refractivity contribution in [1.82, 2.24) is 20.0 Å². The number of halogens is 2. The average Bonchev–Trinajstić information content (AvgIpc) is 2.87. The Labute approximate surface area is 151 Å². The van der Waals surface area contributed by atoms with E-state index in [4.69, 9.17) is 4.42 Å². The summed E-state index contributed by atoms with van der Waals surface area (Å²) in [6, 6.07) is 5.46. The van der Waals surface area contributed by atoms with Gasteiger partial charge in [0.2, 0.25) is 5.89 Å². The lowest BCUT2D eigenvalue weighted by atomic mass is 9.59. The largest absolute Gasteiger partial charge is 0.436 e. The number of nitrogens with zero attached hydrogens (tertiary/aromatic N) is 4. The van der Waals surface area contributed by atoms with Crippen LogP contribution in [0.3, 0.4) is 0 Å². The van der Waals surface area contributed by atoms with Crippen molar-refractivity contribution in [3.63, 3.8) is 0 Å². The molecule has 2 aromatic heterocycles. The minimum atomic E-state index is -0.670.